The Bertz CT molecular complexity index is 608. The number of esters is 1. The van der Waals surface area contributed by atoms with E-state index in [1.54, 1.807) is 7.05 Å². The summed E-state index contributed by atoms with van der Waals surface area (Å²) in [5, 5.41) is 0. The van der Waals surface area contributed by atoms with Crippen LogP contribution in [-0.4, -0.2) is 22.6 Å². The number of pyridine rings is 1. The number of hydrogen-bond donors (Lipinski definition) is 0. The summed E-state index contributed by atoms with van der Waals surface area (Å²) in [6, 6.07) is 2.18. The van der Waals surface area contributed by atoms with Gasteiger partial charge in [0, 0.05) is 19.3 Å². The number of aryl methyl sites for hydroxylation is 1. The molecule has 0 atom stereocenters. The quantitative estimate of drug-likeness (QED) is 0.769. The highest BCUT2D eigenvalue weighted by molar-refractivity contribution is 5.90. The van der Waals surface area contributed by atoms with Gasteiger partial charge in [-0.15, -0.1) is 0 Å². The molecular weight excluding hydrogens is 242 g/mol. The number of carbonyl (C=O) groups excluding carboxylic acids is 1. The number of ether oxygens (including phenoxy) is 1. The van der Waals surface area contributed by atoms with Crippen LogP contribution in [-0.2, 0) is 11.8 Å². The van der Waals surface area contributed by atoms with E-state index < -0.39 is 17.6 Å². The number of rotatable bonds is 2. The number of carbonyl (C=O) groups is 1. The zero-order valence-electron chi connectivity index (χ0n) is 9.78. The summed E-state index contributed by atoms with van der Waals surface area (Å²) in [6.45, 7) is 0. The SMILES string of the molecule is COC(=O)c1cc(-c2ncc(F)cc2F)n(C)c1. The van der Waals surface area contributed by atoms with E-state index in [0.717, 1.165) is 12.3 Å². The molecule has 0 unspecified atom stereocenters. The van der Waals surface area contributed by atoms with Gasteiger partial charge in [-0.25, -0.2) is 18.6 Å². The molecule has 2 rings (SSSR count). The fourth-order valence-electron chi connectivity index (χ4n) is 1.63. The van der Waals surface area contributed by atoms with Gasteiger partial charge in [-0.1, -0.05) is 0 Å². The standard InChI is InChI=1S/C12H10F2N2O2/c1-16-6-7(12(17)18-2)3-10(16)11-9(14)4-8(13)5-15-11/h3-6H,1-2H3. The number of nitrogens with zero attached hydrogens (tertiary/aromatic N) is 2. The van der Waals surface area contributed by atoms with Gasteiger partial charge < -0.3 is 9.30 Å². The van der Waals surface area contributed by atoms with Crippen LogP contribution in [0.4, 0.5) is 8.78 Å². The zero-order chi connectivity index (χ0) is 13.3. The Hall–Kier alpha value is -2.24. The molecule has 0 fully saturated rings. The second-order valence-corrected chi connectivity index (χ2v) is 3.70. The third-order valence-electron chi connectivity index (χ3n) is 2.48. The lowest BCUT2D eigenvalue weighted by Crippen LogP contribution is -1.98. The van der Waals surface area contributed by atoms with E-state index in [9.17, 15) is 13.6 Å². The van der Waals surface area contributed by atoms with Crippen molar-refractivity contribution in [3.63, 3.8) is 0 Å². The van der Waals surface area contributed by atoms with Crippen LogP contribution in [0.5, 0.6) is 0 Å². The Morgan fingerprint density at radius 1 is 1.39 bits per heavy atom. The third-order valence-corrected chi connectivity index (χ3v) is 2.48. The van der Waals surface area contributed by atoms with E-state index in [1.807, 2.05) is 0 Å². The van der Waals surface area contributed by atoms with E-state index in [2.05, 4.69) is 9.72 Å². The monoisotopic (exact) mass is 252 g/mol. The molecule has 0 saturated heterocycles. The van der Waals surface area contributed by atoms with Crippen LogP contribution in [0.25, 0.3) is 11.4 Å². The van der Waals surface area contributed by atoms with E-state index in [4.69, 9.17) is 0 Å². The predicted molar refractivity (Wildman–Crippen MR) is 59.9 cm³/mol. The van der Waals surface area contributed by atoms with Crippen molar-refractivity contribution in [3.05, 3.63) is 41.7 Å². The van der Waals surface area contributed by atoms with E-state index >= 15 is 0 Å². The second kappa shape index (κ2) is 4.56. The summed E-state index contributed by atoms with van der Waals surface area (Å²) >= 11 is 0. The molecule has 4 nitrogen and oxygen atoms in total. The first-order chi connectivity index (χ1) is 8.52. The molecule has 0 aliphatic heterocycles. The zero-order valence-corrected chi connectivity index (χ0v) is 9.78. The van der Waals surface area contributed by atoms with Crippen LogP contribution < -0.4 is 0 Å². The highest BCUT2D eigenvalue weighted by Crippen LogP contribution is 2.23. The van der Waals surface area contributed by atoms with Gasteiger partial charge in [0.05, 0.1) is 24.6 Å². The maximum absolute atomic E-state index is 13.6. The Labute approximate surface area is 102 Å². The Morgan fingerprint density at radius 3 is 2.72 bits per heavy atom. The molecule has 0 amide bonds. The summed E-state index contributed by atoms with van der Waals surface area (Å²) in [4.78, 5) is 15.0. The van der Waals surface area contributed by atoms with Crippen molar-refractivity contribution in [2.75, 3.05) is 7.11 Å². The lowest BCUT2D eigenvalue weighted by Gasteiger charge is -2.03. The average molecular weight is 252 g/mol. The third kappa shape index (κ3) is 2.09. The molecule has 0 spiro atoms. The minimum atomic E-state index is -0.785. The van der Waals surface area contributed by atoms with Gasteiger partial charge in [0.1, 0.15) is 11.5 Å². The molecule has 2 heterocycles. The maximum Gasteiger partial charge on any atom is 0.339 e. The molecule has 2 aromatic heterocycles. The first-order valence-corrected chi connectivity index (χ1v) is 5.09. The molecular formula is C12H10F2N2O2. The van der Waals surface area contributed by atoms with Gasteiger partial charge in [0.2, 0.25) is 0 Å². The molecule has 6 heteroatoms. The molecule has 0 radical (unpaired) electrons. The van der Waals surface area contributed by atoms with Gasteiger partial charge in [0.15, 0.2) is 5.82 Å². The van der Waals surface area contributed by atoms with Crippen molar-refractivity contribution in [3.8, 4) is 11.4 Å². The molecule has 2 aromatic rings. The highest BCUT2D eigenvalue weighted by atomic mass is 19.1. The van der Waals surface area contributed by atoms with Gasteiger partial charge in [-0.05, 0) is 6.07 Å². The lowest BCUT2D eigenvalue weighted by molar-refractivity contribution is 0.0600. The lowest BCUT2D eigenvalue weighted by atomic mass is 10.2. The molecule has 94 valence electrons. The molecule has 0 aliphatic carbocycles. The molecule has 18 heavy (non-hydrogen) atoms. The van der Waals surface area contributed by atoms with Crippen LogP contribution >= 0.6 is 0 Å². The summed E-state index contributed by atoms with van der Waals surface area (Å²) in [7, 11) is 2.89. The minimum Gasteiger partial charge on any atom is -0.465 e. The normalized spacial score (nSPS) is 10.4. The number of methoxy groups -OCH3 is 1. The van der Waals surface area contributed by atoms with Gasteiger partial charge in [-0.3, -0.25) is 0 Å². The molecule has 0 aliphatic rings. The van der Waals surface area contributed by atoms with Crippen molar-refractivity contribution in [2.24, 2.45) is 7.05 Å². The van der Waals surface area contributed by atoms with Gasteiger partial charge in [0.25, 0.3) is 0 Å². The van der Waals surface area contributed by atoms with Crippen LogP contribution in [0.3, 0.4) is 0 Å². The molecule has 0 saturated carbocycles. The Morgan fingerprint density at radius 2 is 2.11 bits per heavy atom. The summed E-state index contributed by atoms with van der Waals surface area (Å²) in [5.41, 5.74) is 0.627. The number of aromatic nitrogens is 2. The largest absolute Gasteiger partial charge is 0.465 e. The predicted octanol–water partition coefficient (Wildman–Crippen LogP) is 2.15. The van der Waals surface area contributed by atoms with Crippen LogP contribution in [0.15, 0.2) is 24.5 Å². The Balaban J connectivity index is 2.51. The smallest absolute Gasteiger partial charge is 0.339 e. The average Bonchev–Trinajstić information content (AvgIpc) is 2.70. The first-order valence-electron chi connectivity index (χ1n) is 5.09. The first kappa shape index (κ1) is 12.2. The van der Waals surface area contributed by atoms with Crippen molar-refractivity contribution in [2.45, 2.75) is 0 Å². The summed E-state index contributed by atoms with van der Waals surface area (Å²) in [5.74, 6) is -2.06. The molecule has 0 N–H and O–H groups in total. The fourth-order valence-corrected chi connectivity index (χ4v) is 1.63. The van der Waals surface area contributed by atoms with Crippen molar-refractivity contribution < 1.29 is 18.3 Å². The van der Waals surface area contributed by atoms with Crippen molar-refractivity contribution in [1.82, 2.24) is 9.55 Å². The maximum atomic E-state index is 13.6. The number of hydrogen-bond acceptors (Lipinski definition) is 3. The highest BCUT2D eigenvalue weighted by Gasteiger charge is 2.16. The topological polar surface area (TPSA) is 44.1 Å². The van der Waals surface area contributed by atoms with E-state index in [1.165, 1.54) is 23.9 Å². The van der Waals surface area contributed by atoms with Crippen molar-refractivity contribution in [1.29, 1.82) is 0 Å². The molecule has 0 aromatic carbocycles. The summed E-state index contributed by atoms with van der Waals surface area (Å²) < 4.78 is 32.4. The summed E-state index contributed by atoms with van der Waals surface area (Å²) in [6.07, 6.45) is 2.41. The van der Waals surface area contributed by atoms with Crippen LogP contribution in [0, 0.1) is 11.6 Å². The minimum absolute atomic E-state index is 0.0194. The van der Waals surface area contributed by atoms with Crippen LogP contribution in [0.2, 0.25) is 0 Å². The fraction of sp³-hybridized carbons (Fsp3) is 0.167. The van der Waals surface area contributed by atoms with E-state index in [0.29, 0.717) is 5.69 Å². The molecule has 0 bridgehead atoms. The number of halogens is 2. The van der Waals surface area contributed by atoms with Crippen molar-refractivity contribution >= 4 is 5.97 Å². The van der Waals surface area contributed by atoms with E-state index in [-0.39, 0.29) is 11.3 Å². The Kier molecular flexibility index (Phi) is 3.10. The van der Waals surface area contributed by atoms with Crippen LogP contribution in [0.1, 0.15) is 10.4 Å². The van der Waals surface area contributed by atoms with Gasteiger partial charge >= 0.3 is 5.97 Å². The van der Waals surface area contributed by atoms with Gasteiger partial charge in [-0.2, -0.15) is 0 Å². The second-order valence-electron chi connectivity index (χ2n) is 3.70.